The number of cyclic esters (lactones) is 1. The van der Waals surface area contributed by atoms with Crippen LogP contribution in [0.2, 0.25) is 0 Å². The van der Waals surface area contributed by atoms with E-state index in [1.807, 2.05) is 91.0 Å². The Bertz CT molecular complexity index is 1650. The molecule has 1 aliphatic heterocycles. The minimum absolute atomic E-state index is 0.0155. The largest absolute Gasteiger partial charge is 0.461 e. The van der Waals surface area contributed by atoms with Gasteiger partial charge in [0.05, 0.1) is 30.2 Å². The summed E-state index contributed by atoms with van der Waals surface area (Å²) in [7, 11) is 0. The standard InChI is InChI=1S/C38H40BrNO9/c1-26(42)48-36(35-21-32(39)34(49-35)18-11-19-45-24-30(22-41)46-23-28-14-7-3-8-15-28)31(20-27-12-5-2-6-13-27)37(43)40-33(25-47-38(40)44)29-16-9-4-10-17-29/h2-10,12-17,21,30-31,33,36,41H,11,18-20,22-25H2,1H3/t30-,31-,33+,36-/m1/s1. The number of aryl methyl sites for hydroxylation is 1. The van der Waals surface area contributed by atoms with E-state index in [9.17, 15) is 19.5 Å². The average Bonchev–Trinajstić information content (AvgIpc) is 3.69. The van der Waals surface area contributed by atoms with Crippen molar-refractivity contribution >= 4 is 33.9 Å². The summed E-state index contributed by atoms with van der Waals surface area (Å²) < 4.78 is 29.6. The van der Waals surface area contributed by atoms with E-state index in [2.05, 4.69) is 15.9 Å². The molecule has 0 radical (unpaired) electrons. The molecule has 10 nitrogen and oxygen atoms in total. The summed E-state index contributed by atoms with van der Waals surface area (Å²) in [5.74, 6) is -1.30. The predicted octanol–water partition coefficient (Wildman–Crippen LogP) is 6.75. The van der Waals surface area contributed by atoms with Crippen LogP contribution in [0.25, 0.3) is 0 Å². The van der Waals surface area contributed by atoms with Crippen LogP contribution in [0.4, 0.5) is 4.79 Å². The molecule has 1 saturated heterocycles. The third-order valence-electron chi connectivity index (χ3n) is 8.15. The van der Waals surface area contributed by atoms with Gasteiger partial charge >= 0.3 is 12.1 Å². The number of ether oxygens (including phenoxy) is 4. The molecule has 3 aromatic carbocycles. The fourth-order valence-electron chi connectivity index (χ4n) is 5.70. The Morgan fingerprint density at radius 2 is 1.63 bits per heavy atom. The van der Waals surface area contributed by atoms with Crippen molar-refractivity contribution in [3.63, 3.8) is 0 Å². The van der Waals surface area contributed by atoms with E-state index in [4.69, 9.17) is 23.4 Å². The lowest BCUT2D eigenvalue weighted by molar-refractivity contribution is -0.155. The van der Waals surface area contributed by atoms with Crippen molar-refractivity contribution in [3.05, 3.63) is 130 Å². The molecule has 2 amide bonds. The second-order valence-electron chi connectivity index (χ2n) is 11.7. The maximum Gasteiger partial charge on any atom is 0.417 e. The highest BCUT2D eigenvalue weighted by Crippen LogP contribution is 2.38. The molecule has 0 saturated carbocycles. The van der Waals surface area contributed by atoms with Gasteiger partial charge in [0.25, 0.3) is 0 Å². The lowest BCUT2D eigenvalue weighted by Crippen LogP contribution is -2.42. The van der Waals surface area contributed by atoms with Crippen molar-refractivity contribution in [2.45, 2.75) is 51.0 Å². The van der Waals surface area contributed by atoms with Crippen molar-refractivity contribution in [3.8, 4) is 0 Å². The summed E-state index contributed by atoms with van der Waals surface area (Å²) in [5, 5.41) is 9.71. The number of hydrogen-bond acceptors (Lipinski definition) is 9. The third-order valence-corrected chi connectivity index (χ3v) is 8.83. The SMILES string of the molecule is CC(=O)O[C@@H](c1cc(Br)c(CCCOC[C@@H](CO)OCc2ccccc2)o1)[C@@H](Cc1ccccc1)C(=O)N1C(=O)OC[C@H]1c1ccccc1. The Labute approximate surface area is 294 Å². The number of nitrogens with zero attached hydrogens (tertiary/aromatic N) is 1. The maximum atomic E-state index is 14.4. The van der Waals surface area contributed by atoms with Crippen LogP contribution in [-0.2, 0) is 48.0 Å². The van der Waals surface area contributed by atoms with Crippen LogP contribution in [0.1, 0.15) is 53.7 Å². The summed E-state index contributed by atoms with van der Waals surface area (Å²) in [6, 6.07) is 29.3. The molecule has 49 heavy (non-hydrogen) atoms. The fraction of sp³-hybridized carbons (Fsp3) is 0.342. The monoisotopic (exact) mass is 733 g/mol. The third kappa shape index (κ3) is 9.88. The second kappa shape index (κ2) is 17.9. The van der Waals surface area contributed by atoms with Crippen molar-refractivity contribution in [2.75, 3.05) is 26.4 Å². The van der Waals surface area contributed by atoms with E-state index < -0.39 is 42.1 Å². The summed E-state index contributed by atoms with van der Waals surface area (Å²) in [6.07, 6.45) is -1.11. The first-order valence-electron chi connectivity index (χ1n) is 16.2. The lowest BCUT2D eigenvalue weighted by atomic mass is 9.90. The first-order valence-corrected chi connectivity index (χ1v) is 17.0. The van der Waals surface area contributed by atoms with Gasteiger partial charge < -0.3 is 28.5 Å². The number of rotatable bonds is 17. The summed E-state index contributed by atoms with van der Waals surface area (Å²) in [4.78, 5) is 41.1. The van der Waals surface area contributed by atoms with Gasteiger partial charge in [-0.1, -0.05) is 91.0 Å². The summed E-state index contributed by atoms with van der Waals surface area (Å²) in [5.41, 5.74) is 2.58. The summed E-state index contributed by atoms with van der Waals surface area (Å²) >= 11 is 3.57. The van der Waals surface area contributed by atoms with Crippen molar-refractivity contribution in [2.24, 2.45) is 5.92 Å². The zero-order chi connectivity index (χ0) is 34.6. The number of aliphatic hydroxyl groups excluding tert-OH is 1. The Kier molecular flexibility index (Phi) is 13.2. The number of imide groups is 1. The number of hydrogen-bond donors (Lipinski definition) is 1. The van der Waals surface area contributed by atoms with Gasteiger partial charge in [0.15, 0.2) is 6.10 Å². The molecule has 11 heteroatoms. The van der Waals surface area contributed by atoms with Gasteiger partial charge in [-0.3, -0.25) is 9.59 Å². The van der Waals surface area contributed by atoms with Crippen LogP contribution in [0.5, 0.6) is 0 Å². The topological polar surface area (TPSA) is 125 Å². The number of halogens is 1. The Hall–Kier alpha value is -4.29. The van der Waals surface area contributed by atoms with E-state index in [-0.39, 0.29) is 32.0 Å². The second-order valence-corrected chi connectivity index (χ2v) is 12.6. The van der Waals surface area contributed by atoms with Gasteiger partial charge in [-0.25, -0.2) is 9.69 Å². The fourth-order valence-corrected chi connectivity index (χ4v) is 6.21. The molecule has 4 atom stereocenters. The zero-order valence-electron chi connectivity index (χ0n) is 27.2. The van der Waals surface area contributed by atoms with Crippen LogP contribution < -0.4 is 0 Å². The lowest BCUT2D eigenvalue weighted by Gasteiger charge is -2.29. The molecular formula is C38H40BrNO9. The van der Waals surface area contributed by atoms with Gasteiger partial charge in [0.2, 0.25) is 5.91 Å². The van der Waals surface area contributed by atoms with Crippen LogP contribution in [0.3, 0.4) is 0 Å². The molecule has 1 N–H and O–H groups in total. The normalized spacial score (nSPS) is 16.2. The quantitative estimate of drug-likeness (QED) is 0.0927. The van der Waals surface area contributed by atoms with Gasteiger partial charge in [-0.15, -0.1) is 0 Å². The van der Waals surface area contributed by atoms with Gasteiger partial charge in [0, 0.05) is 20.0 Å². The zero-order valence-corrected chi connectivity index (χ0v) is 28.8. The minimum atomic E-state index is -1.14. The number of amides is 2. The van der Waals surface area contributed by atoms with Crippen LogP contribution in [-0.4, -0.2) is 60.5 Å². The highest BCUT2D eigenvalue weighted by molar-refractivity contribution is 9.10. The van der Waals surface area contributed by atoms with Crippen LogP contribution >= 0.6 is 15.9 Å². The molecule has 1 aliphatic rings. The maximum absolute atomic E-state index is 14.4. The molecule has 0 bridgehead atoms. The number of esters is 1. The molecule has 1 aromatic heterocycles. The van der Waals surface area contributed by atoms with E-state index >= 15 is 0 Å². The minimum Gasteiger partial charge on any atom is -0.461 e. The predicted molar refractivity (Wildman–Crippen MR) is 183 cm³/mol. The summed E-state index contributed by atoms with van der Waals surface area (Å²) in [6.45, 7) is 2.11. The molecule has 0 unspecified atom stereocenters. The molecule has 0 spiro atoms. The number of benzene rings is 3. The van der Waals surface area contributed by atoms with E-state index in [0.29, 0.717) is 36.3 Å². The highest BCUT2D eigenvalue weighted by atomic mass is 79.9. The Morgan fingerprint density at radius 3 is 2.29 bits per heavy atom. The number of carbonyl (C=O) groups excluding carboxylic acids is 3. The highest BCUT2D eigenvalue weighted by Gasteiger charge is 2.46. The number of furan rings is 1. The Balaban J connectivity index is 1.29. The first-order chi connectivity index (χ1) is 23.8. The van der Waals surface area contributed by atoms with E-state index in [0.717, 1.165) is 21.6 Å². The molecular weight excluding hydrogens is 694 g/mol. The van der Waals surface area contributed by atoms with Crippen molar-refractivity contribution in [1.29, 1.82) is 0 Å². The van der Waals surface area contributed by atoms with Gasteiger partial charge in [0.1, 0.15) is 30.3 Å². The molecule has 0 aliphatic carbocycles. The van der Waals surface area contributed by atoms with Crippen molar-refractivity contribution < 1.29 is 42.9 Å². The van der Waals surface area contributed by atoms with Crippen LogP contribution in [0.15, 0.2) is 106 Å². The average molecular weight is 735 g/mol. The smallest absolute Gasteiger partial charge is 0.417 e. The van der Waals surface area contributed by atoms with E-state index in [1.54, 1.807) is 6.07 Å². The van der Waals surface area contributed by atoms with Crippen LogP contribution in [0, 0.1) is 5.92 Å². The molecule has 4 aromatic rings. The van der Waals surface area contributed by atoms with Gasteiger partial charge in [-0.2, -0.15) is 0 Å². The Morgan fingerprint density at radius 1 is 0.980 bits per heavy atom. The van der Waals surface area contributed by atoms with Gasteiger partial charge in [-0.05, 0) is 51.5 Å². The molecule has 2 heterocycles. The van der Waals surface area contributed by atoms with Crippen molar-refractivity contribution in [1.82, 2.24) is 4.90 Å². The van der Waals surface area contributed by atoms with E-state index in [1.165, 1.54) is 6.92 Å². The number of aliphatic hydroxyl groups is 1. The molecule has 1 fully saturated rings. The molecule has 5 rings (SSSR count). The number of carbonyl (C=O) groups is 3. The first kappa shape index (κ1) is 36.0. The molecule has 258 valence electrons.